The number of fused-ring (bicyclic) bond motifs is 1. The van der Waals surface area contributed by atoms with Crippen molar-refractivity contribution in [2.75, 3.05) is 0 Å². The molecule has 2 nitrogen and oxygen atoms in total. The third kappa shape index (κ3) is 2.03. The number of hydrogen-bond acceptors (Lipinski definition) is 1. The standard InChI is InChI=1S/C16H15ClN2/c1-10-15(12-7-3-5-9-14(12)19-10)16(18)11-6-2-4-8-13(11)17/h2-9,16,19H,18H2,1H3. The molecule has 3 aromatic rings. The predicted octanol–water partition coefficient (Wildman–Crippen LogP) is 4.18. The lowest BCUT2D eigenvalue weighted by atomic mass is 9.97. The van der Waals surface area contributed by atoms with Gasteiger partial charge in [-0.05, 0) is 24.6 Å². The molecule has 0 radical (unpaired) electrons. The lowest BCUT2D eigenvalue weighted by Crippen LogP contribution is -2.13. The highest BCUT2D eigenvalue weighted by molar-refractivity contribution is 6.31. The highest BCUT2D eigenvalue weighted by Gasteiger charge is 2.18. The summed E-state index contributed by atoms with van der Waals surface area (Å²) in [5.74, 6) is 0. The van der Waals surface area contributed by atoms with E-state index in [9.17, 15) is 0 Å². The van der Waals surface area contributed by atoms with Crippen molar-refractivity contribution in [1.82, 2.24) is 4.98 Å². The number of hydrogen-bond donors (Lipinski definition) is 2. The van der Waals surface area contributed by atoms with Gasteiger partial charge in [-0.15, -0.1) is 0 Å². The molecular weight excluding hydrogens is 256 g/mol. The number of aromatic nitrogens is 1. The van der Waals surface area contributed by atoms with Gasteiger partial charge in [0.2, 0.25) is 0 Å². The van der Waals surface area contributed by atoms with Crippen molar-refractivity contribution in [2.45, 2.75) is 13.0 Å². The molecule has 3 heteroatoms. The van der Waals surface area contributed by atoms with E-state index in [4.69, 9.17) is 17.3 Å². The molecule has 0 amide bonds. The largest absolute Gasteiger partial charge is 0.358 e. The Hall–Kier alpha value is -1.77. The zero-order valence-electron chi connectivity index (χ0n) is 10.7. The molecule has 19 heavy (non-hydrogen) atoms. The summed E-state index contributed by atoms with van der Waals surface area (Å²) in [5, 5.41) is 1.87. The first-order chi connectivity index (χ1) is 9.18. The van der Waals surface area contributed by atoms with Crippen LogP contribution in [0, 0.1) is 6.92 Å². The first kappa shape index (κ1) is 12.3. The fourth-order valence-corrected chi connectivity index (χ4v) is 2.84. The fourth-order valence-electron chi connectivity index (χ4n) is 2.58. The molecule has 1 aromatic heterocycles. The second kappa shape index (κ2) is 4.72. The fraction of sp³-hybridized carbons (Fsp3) is 0.125. The van der Waals surface area contributed by atoms with Gasteiger partial charge in [-0.3, -0.25) is 0 Å². The third-order valence-corrected chi connectivity index (χ3v) is 3.84. The van der Waals surface area contributed by atoms with Crippen molar-refractivity contribution in [3.05, 3.63) is 70.4 Å². The zero-order chi connectivity index (χ0) is 13.4. The number of nitrogens with two attached hydrogens (primary N) is 1. The van der Waals surface area contributed by atoms with Gasteiger partial charge in [0.1, 0.15) is 0 Å². The van der Waals surface area contributed by atoms with Gasteiger partial charge in [-0.1, -0.05) is 48.0 Å². The van der Waals surface area contributed by atoms with Crippen molar-refractivity contribution in [1.29, 1.82) is 0 Å². The highest BCUT2D eigenvalue weighted by atomic mass is 35.5. The molecule has 3 rings (SSSR count). The summed E-state index contributed by atoms with van der Waals surface area (Å²) in [6, 6.07) is 15.7. The second-order valence-corrected chi connectivity index (χ2v) is 5.12. The Morgan fingerprint density at radius 3 is 2.53 bits per heavy atom. The van der Waals surface area contributed by atoms with E-state index in [1.807, 2.05) is 43.3 Å². The molecule has 1 unspecified atom stereocenters. The summed E-state index contributed by atoms with van der Waals surface area (Å²) in [7, 11) is 0. The van der Waals surface area contributed by atoms with Crippen LogP contribution in [0.25, 0.3) is 10.9 Å². The molecule has 0 fully saturated rings. The van der Waals surface area contributed by atoms with Crippen LogP contribution in [0.4, 0.5) is 0 Å². The summed E-state index contributed by atoms with van der Waals surface area (Å²) < 4.78 is 0. The average molecular weight is 271 g/mol. The minimum absolute atomic E-state index is 0.218. The van der Waals surface area contributed by atoms with Crippen molar-refractivity contribution in [3.63, 3.8) is 0 Å². The van der Waals surface area contributed by atoms with Crippen LogP contribution < -0.4 is 5.73 Å². The van der Waals surface area contributed by atoms with Crippen LogP contribution in [0.3, 0.4) is 0 Å². The lowest BCUT2D eigenvalue weighted by Gasteiger charge is -2.14. The van der Waals surface area contributed by atoms with E-state index in [2.05, 4.69) is 17.1 Å². The minimum atomic E-state index is -0.218. The minimum Gasteiger partial charge on any atom is -0.358 e. The second-order valence-electron chi connectivity index (χ2n) is 4.71. The number of halogens is 1. The summed E-state index contributed by atoms with van der Waals surface area (Å²) in [4.78, 5) is 3.37. The maximum absolute atomic E-state index is 6.42. The average Bonchev–Trinajstić information content (AvgIpc) is 2.74. The molecule has 0 aliphatic rings. The number of nitrogens with one attached hydrogen (secondary N) is 1. The van der Waals surface area contributed by atoms with Gasteiger partial charge in [0.05, 0.1) is 6.04 Å². The Labute approximate surface area is 117 Å². The number of para-hydroxylation sites is 1. The molecule has 3 N–H and O–H groups in total. The van der Waals surface area contributed by atoms with Crippen LogP contribution in [0.15, 0.2) is 48.5 Å². The van der Waals surface area contributed by atoms with Gasteiger partial charge in [0.15, 0.2) is 0 Å². The van der Waals surface area contributed by atoms with Crippen molar-refractivity contribution >= 4 is 22.5 Å². The van der Waals surface area contributed by atoms with Crippen LogP contribution in [-0.2, 0) is 0 Å². The molecule has 2 aromatic carbocycles. The van der Waals surface area contributed by atoms with Crippen LogP contribution >= 0.6 is 11.6 Å². The summed E-state index contributed by atoms with van der Waals surface area (Å²) in [6.45, 7) is 2.05. The first-order valence-electron chi connectivity index (χ1n) is 6.25. The van der Waals surface area contributed by atoms with Gasteiger partial charge in [-0.2, -0.15) is 0 Å². The maximum atomic E-state index is 6.42. The summed E-state index contributed by atoms with van der Waals surface area (Å²) in [6.07, 6.45) is 0. The summed E-state index contributed by atoms with van der Waals surface area (Å²) in [5.41, 5.74) is 10.7. The van der Waals surface area contributed by atoms with E-state index < -0.39 is 0 Å². The molecule has 0 aliphatic carbocycles. The van der Waals surface area contributed by atoms with Gasteiger partial charge in [0, 0.05) is 27.2 Å². The summed E-state index contributed by atoms with van der Waals surface area (Å²) >= 11 is 6.25. The maximum Gasteiger partial charge on any atom is 0.0590 e. The Morgan fingerprint density at radius 2 is 1.74 bits per heavy atom. The monoisotopic (exact) mass is 270 g/mol. The van der Waals surface area contributed by atoms with Gasteiger partial charge in [-0.25, -0.2) is 0 Å². The molecule has 1 atom stereocenters. The topological polar surface area (TPSA) is 41.8 Å². The van der Waals surface area contributed by atoms with Gasteiger partial charge in [0.25, 0.3) is 0 Å². The highest BCUT2D eigenvalue weighted by Crippen LogP contribution is 2.33. The van der Waals surface area contributed by atoms with E-state index in [1.165, 1.54) is 0 Å². The van der Waals surface area contributed by atoms with Crippen LogP contribution in [0.2, 0.25) is 5.02 Å². The van der Waals surface area contributed by atoms with E-state index in [1.54, 1.807) is 0 Å². The number of aryl methyl sites for hydroxylation is 1. The molecule has 96 valence electrons. The van der Waals surface area contributed by atoms with E-state index in [0.29, 0.717) is 5.02 Å². The van der Waals surface area contributed by atoms with Crippen LogP contribution in [0.1, 0.15) is 22.9 Å². The third-order valence-electron chi connectivity index (χ3n) is 3.49. The van der Waals surface area contributed by atoms with E-state index in [-0.39, 0.29) is 6.04 Å². The molecule has 0 saturated carbocycles. The Balaban J connectivity index is 2.19. The SMILES string of the molecule is Cc1[nH]c2ccccc2c1C(N)c1ccccc1Cl. The van der Waals surface area contributed by atoms with Crippen LogP contribution in [0.5, 0.6) is 0 Å². The lowest BCUT2D eigenvalue weighted by molar-refractivity contribution is 0.869. The number of rotatable bonds is 2. The Morgan fingerprint density at radius 1 is 1.05 bits per heavy atom. The molecule has 0 spiro atoms. The molecule has 1 heterocycles. The Bertz CT molecular complexity index is 730. The number of benzene rings is 2. The first-order valence-corrected chi connectivity index (χ1v) is 6.63. The normalized spacial score (nSPS) is 12.8. The zero-order valence-corrected chi connectivity index (χ0v) is 11.4. The van der Waals surface area contributed by atoms with Crippen molar-refractivity contribution in [3.8, 4) is 0 Å². The molecule has 0 bridgehead atoms. The van der Waals surface area contributed by atoms with Crippen LogP contribution in [-0.4, -0.2) is 4.98 Å². The van der Waals surface area contributed by atoms with Crippen molar-refractivity contribution < 1.29 is 0 Å². The molecule has 0 saturated heterocycles. The predicted molar refractivity (Wildman–Crippen MR) is 80.5 cm³/mol. The van der Waals surface area contributed by atoms with E-state index in [0.717, 1.165) is 27.7 Å². The molecular formula is C16H15ClN2. The number of aromatic amines is 1. The van der Waals surface area contributed by atoms with E-state index >= 15 is 0 Å². The van der Waals surface area contributed by atoms with Gasteiger partial charge < -0.3 is 10.7 Å². The van der Waals surface area contributed by atoms with Crippen molar-refractivity contribution in [2.24, 2.45) is 5.73 Å². The smallest absolute Gasteiger partial charge is 0.0590 e. The number of H-pyrrole nitrogens is 1. The van der Waals surface area contributed by atoms with Gasteiger partial charge >= 0.3 is 0 Å². The Kier molecular flexibility index (Phi) is 3.05. The quantitative estimate of drug-likeness (QED) is 0.721. The molecule has 0 aliphatic heterocycles.